The summed E-state index contributed by atoms with van der Waals surface area (Å²) in [5, 5.41) is 3.56. The zero-order valence-electron chi connectivity index (χ0n) is 11.0. The SMILES string of the molecule is CCn1c(C)c(-c2ccsc2C)c2ccccc21. The number of hydrogen-bond acceptors (Lipinski definition) is 1. The van der Waals surface area contributed by atoms with Crippen LogP contribution in [0.2, 0.25) is 0 Å². The average Bonchev–Trinajstić information content (AvgIpc) is 2.90. The number of rotatable bonds is 2. The molecule has 0 aliphatic rings. The van der Waals surface area contributed by atoms with Crippen molar-refractivity contribution >= 4 is 22.2 Å². The van der Waals surface area contributed by atoms with E-state index in [2.05, 4.69) is 61.1 Å². The highest BCUT2D eigenvalue weighted by Gasteiger charge is 2.15. The Morgan fingerprint density at radius 1 is 1.11 bits per heavy atom. The highest BCUT2D eigenvalue weighted by molar-refractivity contribution is 7.10. The van der Waals surface area contributed by atoms with Gasteiger partial charge in [0.25, 0.3) is 0 Å². The van der Waals surface area contributed by atoms with E-state index in [1.165, 1.54) is 32.6 Å². The molecule has 0 saturated heterocycles. The number of benzene rings is 1. The highest BCUT2D eigenvalue weighted by Crippen LogP contribution is 2.37. The van der Waals surface area contributed by atoms with Gasteiger partial charge in [-0.15, -0.1) is 11.3 Å². The molecule has 0 saturated carbocycles. The molecule has 1 aromatic carbocycles. The summed E-state index contributed by atoms with van der Waals surface area (Å²) in [7, 11) is 0. The van der Waals surface area contributed by atoms with Crippen molar-refractivity contribution in [2.75, 3.05) is 0 Å². The van der Waals surface area contributed by atoms with Crippen LogP contribution in [0.15, 0.2) is 35.7 Å². The van der Waals surface area contributed by atoms with Crippen LogP contribution in [-0.2, 0) is 6.54 Å². The number of aromatic nitrogens is 1. The minimum Gasteiger partial charge on any atom is -0.345 e. The molecular formula is C16H17NS. The van der Waals surface area contributed by atoms with E-state index in [9.17, 15) is 0 Å². The molecule has 0 aliphatic carbocycles. The minimum atomic E-state index is 1.02. The van der Waals surface area contributed by atoms with Crippen molar-refractivity contribution in [3.63, 3.8) is 0 Å². The molecular weight excluding hydrogens is 238 g/mol. The fourth-order valence-electron chi connectivity index (χ4n) is 2.82. The maximum atomic E-state index is 2.40. The predicted molar refractivity (Wildman–Crippen MR) is 80.4 cm³/mol. The van der Waals surface area contributed by atoms with Gasteiger partial charge in [0.1, 0.15) is 0 Å². The summed E-state index contributed by atoms with van der Waals surface area (Å²) >= 11 is 1.82. The number of nitrogens with zero attached hydrogens (tertiary/aromatic N) is 1. The van der Waals surface area contributed by atoms with E-state index in [1.54, 1.807) is 0 Å². The van der Waals surface area contributed by atoms with Crippen LogP contribution in [0.1, 0.15) is 17.5 Å². The number of hydrogen-bond donors (Lipinski definition) is 0. The second-order valence-electron chi connectivity index (χ2n) is 4.61. The van der Waals surface area contributed by atoms with Crippen LogP contribution in [-0.4, -0.2) is 4.57 Å². The van der Waals surface area contributed by atoms with Crippen molar-refractivity contribution in [3.05, 3.63) is 46.3 Å². The van der Waals surface area contributed by atoms with Crippen LogP contribution in [0.25, 0.3) is 22.0 Å². The van der Waals surface area contributed by atoms with Gasteiger partial charge in [-0.25, -0.2) is 0 Å². The summed E-state index contributed by atoms with van der Waals surface area (Å²) in [6, 6.07) is 11.0. The second-order valence-corrected chi connectivity index (χ2v) is 5.73. The maximum absolute atomic E-state index is 2.40. The molecule has 2 heterocycles. The van der Waals surface area contributed by atoms with Crippen LogP contribution in [0.3, 0.4) is 0 Å². The Labute approximate surface area is 112 Å². The Morgan fingerprint density at radius 3 is 2.56 bits per heavy atom. The predicted octanol–water partition coefficient (Wildman–Crippen LogP) is 5.01. The van der Waals surface area contributed by atoms with Crippen LogP contribution in [0.5, 0.6) is 0 Å². The molecule has 0 N–H and O–H groups in total. The minimum absolute atomic E-state index is 1.02. The van der Waals surface area contributed by atoms with Gasteiger partial charge in [0.15, 0.2) is 0 Å². The van der Waals surface area contributed by atoms with Crippen LogP contribution in [0, 0.1) is 13.8 Å². The van der Waals surface area contributed by atoms with Crippen molar-refractivity contribution in [1.82, 2.24) is 4.57 Å². The van der Waals surface area contributed by atoms with Gasteiger partial charge in [-0.05, 0) is 43.8 Å². The number of aryl methyl sites for hydroxylation is 2. The zero-order valence-corrected chi connectivity index (χ0v) is 11.8. The maximum Gasteiger partial charge on any atom is 0.0488 e. The Morgan fingerprint density at radius 2 is 1.89 bits per heavy atom. The molecule has 2 heteroatoms. The molecule has 0 fully saturated rings. The van der Waals surface area contributed by atoms with E-state index >= 15 is 0 Å². The monoisotopic (exact) mass is 255 g/mol. The Bertz CT molecular complexity index is 703. The Balaban J connectivity index is 2.43. The molecule has 18 heavy (non-hydrogen) atoms. The normalized spacial score (nSPS) is 11.3. The van der Waals surface area contributed by atoms with Gasteiger partial charge in [0.05, 0.1) is 0 Å². The lowest BCUT2D eigenvalue weighted by molar-refractivity contribution is 0.770. The van der Waals surface area contributed by atoms with Gasteiger partial charge in [-0.2, -0.15) is 0 Å². The van der Waals surface area contributed by atoms with Crippen LogP contribution >= 0.6 is 11.3 Å². The Hall–Kier alpha value is -1.54. The molecule has 3 aromatic rings. The van der Waals surface area contributed by atoms with E-state index in [4.69, 9.17) is 0 Å². The first-order chi connectivity index (χ1) is 8.74. The van der Waals surface area contributed by atoms with Gasteiger partial charge in [0, 0.05) is 33.6 Å². The first-order valence-corrected chi connectivity index (χ1v) is 7.24. The Kier molecular flexibility index (Phi) is 2.75. The lowest BCUT2D eigenvalue weighted by atomic mass is 10.0. The quantitative estimate of drug-likeness (QED) is 0.607. The third kappa shape index (κ3) is 1.52. The molecule has 0 aliphatic heterocycles. The number of thiophene rings is 1. The summed E-state index contributed by atoms with van der Waals surface area (Å²) in [6.07, 6.45) is 0. The summed E-state index contributed by atoms with van der Waals surface area (Å²) in [5.41, 5.74) is 5.52. The second kappa shape index (κ2) is 4.29. The smallest absolute Gasteiger partial charge is 0.0488 e. The topological polar surface area (TPSA) is 4.93 Å². The van der Waals surface area contributed by atoms with Crippen molar-refractivity contribution in [1.29, 1.82) is 0 Å². The molecule has 0 atom stereocenters. The fourth-order valence-corrected chi connectivity index (χ4v) is 3.53. The van der Waals surface area contributed by atoms with Crippen LogP contribution < -0.4 is 0 Å². The first kappa shape index (κ1) is 11.5. The summed E-state index contributed by atoms with van der Waals surface area (Å²) in [4.78, 5) is 1.40. The van der Waals surface area contributed by atoms with E-state index in [0.717, 1.165) is 6.54 Å². The van der Waals surface area contributed by atoms with Crippen molar-refractivity contribution in [3.8, 4) is 11.1 Å². The molecule has 0 unspecified atom stereocenters. The molecule has 2 aromatic heterocycles. The van der Waals surface area contributed by atoms with Crippen molar-refractivity contribution in [2.24, 2.45) is 0 Å². The molecule has 92 valence electrons. The summed E-state index contributed by atoms with van der Waals surface area (Å²) < 4.78 is 2.40. The molecule has 1 nitrogen and oxygen atoms in total. The lowest BCUT2D eigenvalue weighted by Crippen LogP contribution is -1.96. The first-order valence-electron chi connectivity index (χ1n) is 6.36. The standard InChI is InChI=1S/C16H17NS/c1-4-17-11(2)16(13-9-10-18-12(13)3)14-7-5-6-8-15(14)17/h5-10H,4H2,1-3H3. The van der Waals surface area contributed by atoms with Crippen LogP contribution in [0.4, 0.5) is 0 Å². The average molecular weight is 255 g/mol. The summed E-state index contributed by atoms with van der Waals surface area (Å²) in [6.45, 7) is 7.67. The largest absolute Gasteiger partial charge is 0.345 e. The van der Waals surface area contributed by atoms with Gasteiger partial charge in [-0.1, -0.05) is 18.2 Å². The van der Waals surface area contributed by atoms with E-state index in [1.807, 2.05) is 11.3 Å². The van der Waals surface area contributed by atoms with Crippen molar-refractivity contribution in [2.45, 2.75) is 27.3 Å². The molecule has 0 amide bonds. The number of para-hydroxylation sites is 1. The van der Waals surface area contributed by atoms with E-state index < -0.39 is 0 Å². The van der Waals surface area contributed by atoms with Gasteiger partial charge >= 0.3 is 0 Å². The molecule has 3 rings (SSSR count). The van der Waals surface area contributed by atoms with Gasteiger partial charge in [-0.3, -0.25) is 0 Å². The fraction of sp³-hybridized carbons (Fsp3) is 0.250. The van der Waals surface area contributed by atoms with E-state index in [0.29, 0.717) is 0 Å². The third-order valence-electron chi connectivity index (χ3n) is 3.68. The molecule has 0 bridgehead atoms. The van der Waals surface area contributed by atoms with Gasteiger partial charge in [0.2, 0.25) is 0 Å². The van der Waals surface area contributed by atoms with E-state index in [-0.39, 0.29) is 0 Å². The number of fused-ring (bicyclic) bond motifs is 1. The third-order valence-corrected chi connectivity index (χ3v) is 4.52. The van der Waals surface area contributed by atoms with Crippen molar-refractivity contribution < 1.29 is 0 Å². The summed E-state index contributed by atoms with van der Waals surface area (Å²) in [5.74, 6) is 0. The molecule has 0 spiro atoms. The highest BCUT2D eigenvalue weighted by atomic mass is 32.1. The zero-order chi connectivity index (χ0) is 12.7. The van der Waals surface area contributed by atoms with Gasteiger partial charge < -0.3 is 4.57 Å². The molecule has 0 radical (unpaired) electrons. The lowest BCUT2D eigenvalue weighted by Gasteiger charge is -2.04.